The van der Waals surface area contributed by atoms with Crippen molar-refractivity contribution in [2.45, 2.75) is 18.9 Å². The average molecular weight is 281 g/mol. The Morgan fingerprint density at radius 3 is 2.33 bits per heavy atom. The summed E-state index contributed by atoms with van der Waals surface area (Å²) in [4.78, 5) is 8.74. The van der Waals surface area contributed by atoms with E-state index in [9.17, 15) is 0 Å². The lowest BCUT2D eigenvalue weighted by atomic mass is 10.1. The first kappa shape index (κ1) is 13.8. The maximum Gasteiger partial charge on any atom is 0.222 e. The lowest BCUT2D eigenvalue weighted by molar-refractivity contribution is 0.0903. The van der Waals surface area contributed by atoms with Crippen molar-refractivity contribution in [1.29, 1.82) is 0 Å². The highest BCUT2D eigenvalue weighted by atomic mass is 16.5. The summed E-state index contributed by atoms with van der Waals surface area (Å²) in [7, 11) is 0. The van der Waals surface area contributed by atoms with Crippen LogP contribution in [0.15, 0.2) is 42.7 Å². The Bertz CT molecular complexity index is 575. The van der Waals surface area contributed by atoms with E-state index in [-0.39, 0.29) is 0 Å². The average Bonchev–Trinajstić information content (AvgIpc) is 2.56. The molecular weight excluding hydrogens is 262 g/mol. The Labute approximate surface area is 124 Å². The molecule has 1 aliphatic rings. The van der Waals surface area contributed by atoms with Crippen molar-refractivity contribution in [2.75, 3.05) is 18.5 Å². The number of aromatic nitrogens is 2. The van der Waals surface area contributed by atoms with Crippen molar-refractivity contribution in [3.05, 3.63) is 53.9 Å². The Morgan fingerprint density at radius 2 is 1.62 bits per heavy atom. The van der Waals surface area contributed by atoms with Crippen LogP contribution in [0.4, 0.5) is 5.95 Å². The molecule has 0 amide bonds. The molecule has 108 valence electrons. The molecule has 1 saturated heterocycles. The summed E-state index contributed by atoms with van der Waals surface area (Å²) >= 11 is 0. The molecule has 0 bridgehead atoms. The molecule has 1 aromatic carbocycles. The third kappa shape index (κ3) is 4.13. The highest BCUT2D eigenvalue weighted by Crippen LogP contribution is 2.12. The van der Waals surface area contributed by atoms with Crippen molar-refractivity contribution >= 4 is 18.1 Å². The summed E-state index contributed by atoms with van der Waals surface area (Å²) in [5, 5.41) is 3.36. The Kier molecular flexibility index (Phi) is 4.59. The van der Waals surface area contributed by atoms with Crippen LogP contribution in [-0.2, 0) is 4.74 Å². The molecule has 0 radical (unpaired) electrons. The third-order valence-corrected chi connectivity index (χ3v) is 3.49. The lowest BCUT2D eigenvalue weighted by Crippen LogP contribution is -2.28. The van der Waals surface area contributed by atoms with Crippen LogP contribution in [0.2, 0.25) is 0 Å². The van der Waals surface area contributed by atoms with Gasteiger partial charge in [-0.15, -0.1) is 0 Å². The predicted octanol–water partition coefficient (Wildman–Crippen LogP) is 3.24. The van der Waals surface area contributed by atoms with Gasteiger partial charge in [0.15, 0.2) is 0 Å². The maximum atomic E-state index is 5.34. The van der Waals surface area contributed by atoms with Crippen LogP contribution in [0.3, 0.4) is 0 Å². The van der Waals surface area contributed by atoms with Crippen LogP contribution in [0, 0.1) is 0 Å². The molecule has 4 heteroatoms. The SMILES string of the molecule is C(=C\c1cnc(NC2CCOCC2)nc1)/c1ccccc1. The first-order chi connectivity index (χ1) is 10.4. The summed E-state index contributed by atoms with van der Waals surface area (Å²) in [5.41, 5.74) is 2.17. The molecule has 1 aromatic heterocycles. The van der Waals surface area contributed by atoms with E-state index in [1.54, 1.807) is 0 Å². The van der Waals surface area contributed by atoms with Gasteiger partial charge in [-0.05, 0) is 18.4 Å². The number of hydrogen-bond acceptors (Lipinski definition) is 4. The zero-order chi connectivity index (χ0) is 14.3. The molecule has 0 atom stereocenters. The van der Waals surface area contributed by atoms with E-state index < -0.39 is 0 Å². The smallest absolute Gasteiger partial charge is 0.222 e. The van der Waals surface area contributed by atoms with E-state index in [0.717, 1.165) is 31.6 Å². The summed E-state index contributed by atoms with van der Waals surface area (Å²) < 4.78 is 5.34. The van der Waals surface area contributed by atoms with Crippen molar-refractivity contribution in [2.24, 2.45) is 0 Å². The first-order valence-corrected chi connectivity index (χ1v) is 7.29. The third-order valence-electron chi connectivity index (χ3n) is 3.49. The summed E-state index contributed by atoms with van der Waals surface area (Å²) in [5.74, 6) is 0.693. The second-order valence-electron chi connectivity index (χ2n) is 5.12. The molecule has 1 fully saturated rings. The second-order valence-corrected chi connectivity index (χ2v) is 5.12. The Morgan fingerprint density at radius 1 is 0.952 bits per heavy atom. The van der Waals surface area contributed by atoms with Crippen LogP contribution in [-0.4, -0.2) is 29.2 Å². The van der Waals surface area contributed by atoms with Gasteiger partial charge < -0.3 is 10.1 Å². The molecule has 2 heterocycles. The Balaban J connectivity index is 1.60. The second kappa shape index (κ2) is 6.99. The summed E-state index contributed by atoms with van der Waals surface area (Å²) in [6.45, 7) is 1.63. The van der Waals surface area contributed by atoms with Crippen LogP contribution < -0.4 is 5.32 Å². The number of nitrogens with zero attached hydrogens (tertiary/aromatic N) is 2. The zero-order valence-corrected chi connectivity index (χ0v) is 11.9. The minimum atomic E-state index is 0.421. The van der Waals surface area contributed by atoms with Crippen LogP contribution in [0.5, 0.6) is 0 Å². The minimum absolute atomic E-state index is 0.421. The standard InChI is InChI=1S/C17H19N3O/c1-2-4-14(5-3-1)6-7-15-12-18-17(19-13-15)20-16-8-10-21-11-9-16/h1-7,12-13,16H,8-11H2,(H,18,19,20)/b7-6+. The van der Waals surface area contributed by atoms with Gasteiger partial charge in [-0.25, -0.2) is 9.97 Å². The molecule has 1 N–H and O–H groups in total. The van der Waals surface area contributed by atoms with Crippen LogP contribution in [0.1, 0.15) is 24.0 Å². The number of nitrogens with one attached hydrogen (secondary N) is 1. The van der Waals surface area contributed by atoms with E-state index in [2.05, 4.69) is 33.5 Å². The number of benzene rings is 1. The number of ether oxygens (including phenoxy) is 1. The molecule has 0 saturated carbocycles. The van der Waals surface area contributed by atoms with E-state index in [4.69, 9.17) is 4.74 Å². The minimum Gasteiger partial charge on any atom is -0.381 e. The fourth-order valence-corrected chi connectivity index (χ4v) is 2.28. The summed E-state index contributed by atoms with van der Waals surface area (Å²) in [6, 6.07) is 10.6. The number of anilines is 1. The highest BCUT2D eigenvalue weighted by molar-refractivity contribution is 5.68. The van der Waals surface area contributed by atoms with Gasteiger partial charge in [0.2, 0.25) is 5.95 Å². The van der Waals surface area contributed by atoms with Gasteiger partial charge >= 0.3 is 0 Å². The number of rotatable bonds is 4. The van der Waals surface area contributed by atoms with Gasteiger partial charge in [-0.3, -0.25) is 0 Å². The molecule has 21 heavy (non-hydrogen) atoms. The maximum absolute atomic E-state index is 5.34. The summed E-state index contributed by atoms with van der Waals surface area (Å²) in [6.07, 6.45) is 9.79. The molecule has 0 unspecified atom stereocenters. The van der Waals surface area contributed by atoms with E-state index in [0.29, 0.717) is 12.0 Å². The fourth-order valence-electron chi connectivity index (χ4n) is 2.28. The molecule has 0 aliphatic carbocycles. The topological polar surface area (TPSA) is 47.0 Å². The Hall–Kier alpha value is -2.20. The fraction of sp³-hybridized carbons (Fsp3) is 0.294. The quantitative estimate of drug-likeness (QED) is 0.934. The van der Waals surface area contributed by atoms with E-state index in [1.807, 2.05) is 36.7 Å². The predicted molar refractivity (Wildman–Crippen MR) is 84.9 cm³/mol. The largest absolute Gasteiger partial charge is 0.381 e. The van der Waals surface area contributed by atoms with Crippen molar-refractivity contribution in [3.63, 3.8) is 0 Å². The van der Waals surface area contributed by atoms with Gasteiger partial charge in [0.05, 0.1) is 0 Å². The molecule has 2 aromatic rings. The van der Waals surface area contributed by atoms with Crippen molar-refractivity contribution < 1.29 is 4.74 Å². The molecular formula is C17H19N3O. The van der Waals surface area contributed by atoms with Gasteiger partial charge in [-0.1, -0.05) is 42.5 Å². The van der Waals surface area contributed by atoms with Gasteiger partial charge in [0.1, 0.15) is 0 Å². The molecule has 3 rings (SSSR count). The number of hydrogen-bond donors (Lipinski definition) is 1. The zero-order valence-electron chi connectivity index (χ0n) is 11.9. The molecule has 1 aliphatic heterocycles. The van der Waals surface area contributed by atoms with Crippen LogP contribution >= 0.6 is 0 Å². The van der Waals surface area contributed by atoms with E-state index in [1.165, 1.54) is 5.56 Å². The highest BCUT2D eigenvalue weighted by Gasteiger charge is 2.13. The van der Waals surface area contributed by atoms with Crippen molar-refractivity contribution in [1.82, 2.24) is 9.97 Å². The van der Waals surface area contributed by atoms with Crippen LogP contribution in [0.25, 0.3) is 12.2 Å². The van der Waals surface area contributed by atoms with Gasteiger partial charge in [-0.2, -0.15) is 0 Å². The molecule has 4 nitrogen and oxygen atoms in total. The monoisotopic (exact) mass is 281 g/mol. The van der Waals surface area contributed by atoms with Crippen molar-refractivity contribution in [3.8, 4) is 0 Å². The first-order valence-electron chi connectivity index (χ1n) is 7.29. The van der Waals surface area contributed by atoms with Gasteiger partial charge in [0, 0.05) is 37.2 Å². The normalized spacial score (nSPS) is 16.2. The van der Waals surface area contributed by atoms with E-state index >= 15 is 0 Å². The molecule has 0 spiro atoms. The van der Waals surface area contributed by atoms with Gasteiger partial charge in [0.25, 0.3) is 0 Å². The lowest BCUT2D eigenvalue weighted by Gasteiger charge is -2.22.